The molecule has 180 valence electrons. The normalized spacial score (nSPS) is 14.2. The summed E-state index contributed by atoms with van der Waals surface area (Å²) in [5.74, 6) is 1.52. The van der Waals surface area contributed by atoms with E-state index in [0.29, 0.717) is 28.8 Å². The quantitative estimate of drug-likeness (QED) is 0.457. The van der Waals surface area contributed by atoms with Crippen LogP contribution in [0.3, 0.4) is 0 Å². The van der Waals surface area contributed by atoms with Gasteiger partial charge in [-0.2, -0.15) is 0 Å². The maximum atomic E-state index is 13.2. The minimum Gasteiger partial charge on any atom is -0.494 e. The van der Waals surface area contributed by atoms with Crippen LogP contribution in [0, 0.1) is 0 Å². The van der Waals surface area contributed by atoms with Gasteiger partial charge in [-0.3, -0.25) is 9.29 Å². The van der Waals surface area contributed by atoms with E-state index in [0.717, 1.165) is 24.8 Å². The molecule has 0 amide bonds. The molecular formula is C23H27N5O5S. The summed E-state index contributed by atoms with van der Waals surface area (Å²) in [6.07, 6.45) is 4.74. The Morgan fingerprint density at radius 2 is 1.68 bits per heavy atom. The van der Waals surface area contributed by atoms with Crippen molar-refractivity contribution in [1.82, 2.24) is 19.7 Å². The van der Waals surface area contributed by atoms with E-state index in [2.05, 4.69) is 19.9 Å². The van der Waals surface area contributed by atoms with Gasteiger partial charge in [0.25, 0.3) is 0 Å². The molecule has 34 heavy (non-hydrogen) atoms. The smallest absolute Gasteiger partial charge is 0.243 e. The Morgan fingerprint density at radius 3 is 2.26 bits per heavy atom. The van der Waals surface area contributed by atoms with Crippen LogP contribution in [0.1, 0.15) is 26.2 Å². The van der Waals surface area contributed by atoms with Crippen molar-refractivity contribution in [1.29, 1.82) is 0 Å². The number of nitrogens with one attached hydrogen (secondary N) is 1. The number of benzene rings is 1. The molecule has 0 radical (unpaired) electrons. The molecule has 2 heterocycles. The van der Waals surface area contributed by atoms with Crippen molar-refractivity contribution in [3.05, 3.63) is 48.0 Å². The first-order chi connectivity index (χ1) is 16.4. The lowest BCUT2D eigenvalue weighted by Gasteiger charge is -2.20. The highest BCUT2D eigenvalue weighted by Crippen LogP contribution is 2.37. The van der Waals surface area contributed by atoms with Crippen molar-refractivity contribution in [2.45, 2.75) is 31.4 Å². The number of methoxy groups -OCH3 is 3. The Hall–Kier alpha value is -3.60. The lowest BCUT2D eigenvalue weighted by Crippen LogP contribution is -2.26. The molecule has 3 aromatic rings. The fraction of sp³-hybridized carbons (Fsp3) is 0.348. The minimum absolute atomic E-state index is 0.0127. The number of sulfonamides is 1. The van der Waals surface area contributed by atoms with Crippen molar-refractivity contribution >= 4 is 16.0 Å². The number of ether oxygens (including phenoxy) is 3. The molecule has 0 saturated heterocycles. The molecule has 4 rings (SSSR count). The number of rotatable bonds is 9. The van der Waals surface area contributed by atoms with E-state index < -0.39 is 15.3 Å². The second kappa shape index (κ2) is 9.72. The molecule has 0 bridgehead atoms. The van der Waals surface area contributed by atoms with Gasteiger partial charge in [-0.25, -0.2) is 13.4 Å². The third-order valence-corrected chi connectivity index (χ3v) is 7.22. The Balaban J connectivity index is 1.88. The lowest BCUT2D eigenvalue weighted by atomic mass is 9.92. The van der Waals surface area contributed by atoms with E-state index in [1.165, 1.54) is 25.9 Å². The SMILES string of the molecule is COc1cccc(-c2nnc(NS(=O)(=O)[C@H](C)C=C3CCC3)n2-c2c(OC)cccc2OC)n1. The van der Waals surface area contributed by atoms with E-state index in [-0.39, 0.29) is 11.8 Å². The van der Waals surface area contributed by atoms with Crippen molar-refractivity contribution in [3.8, 4) is 34.6 Å². The molecule has 1 fully saturated rings. The number of hydrogen-bond acceptors (Lipinski definition) is 8. The van der Waals surface area contributed by atoms with Gasteiger partial charge < -0.3 is 14.2 Å². The average molecular weight is 486 g/mol. The average Bonchev–Trinajstić information content (AvgIpc) is 3.22. The van der Waals surface area contributed by atoms with Crippen LogP contribution < -0.4 is 18.9 Å². The molecule has 0 aliphatic heterocycles. The molecule has 1 aliphatic carbocycles. The zero-order chi connectivity index (χ0) is 24.3. The summed E-state index contributed by atoms with van der Waals surface area (Å²) in [6, 6.07) is 10.4. The standard InChI is InChI=1S/C23H27N5O5S/c1-15(14-16-8-5-9-16)34(29,30)27-23-26-25-22(17-10-6-13-20(24-17)33-4)28(23)21-18(31-2)11-7-12-19(21)32-3/h6-7,10-15H,5,8-9H2,1-4H3,(H,26,27)/t15-/m1/s1. The summed E-state index contributed by atoms with van der Waals surface area (Å²) >= 11 is 0. The zero-order valence-electron chi connectivity index (χ0n) is 19.5. The molecular weight excluding hydrogens is 458 g/mol. The number of allylic oxidation sites excluding steroid dienone is 1. The highest BCUT2D eigenvalue weighted by atomic mass is 32.2. The topological polar surface area (TPSA) is 117 Å². The number of hydrogen-bond donors (Lipinski definition) is 1. The molecule has 2 aromatic heterocycles. The van der Waals surface area contributed by atoms with Crippen molar-refractivity contribution in [3.63, 3.8) is 0 Å². The fourth-order valence-corrected chi connectivity index (χ4v) is 4.57. The zero-order valence-corrected chi connectivity index (χ0v) is 20.3. The second-order valence-corrected chi connectivity index (χ2v) is 9.83. The van der Waals surface area contributed by atoms with Crippen LogP contribution in [0.15, 0.2) is 48.0 Å². The molecule has 0 spiro atoms. The van der Waals surface area contributed by atoms with Crippen LogP contribution in [0.25, 0.3) is 17.2 Å². The van der Waals surface area contributed by atoms with Crippen LogP contribution in [0.5, 0.6) is 17.4 Å². The van der Waals surface area contributed by atoms with Crippen molar-refractivity contribution in [2.75, 3.05) is 26.1 Å². The Bertz CT molecular complexity index is 1290. The Morgan fingerprint density at radius 1 is 1.00 bits per heavy atom. The van der Waals surface area contributed by atoms with Crippen LogP contribution in [-0.4, -0.2) is 54.7 Å². The largest absolute Gasteiger partial charge is 0.494 e. The first-order valence-electron chi connectivity index (χ1n) is 10.8. The molecule has 1 aromatic carbocycles. The highest BCUT2D eigenvalue weighted by molar-refractivity contribution is 7.93. The number of anilines is 1. The maximum Gasteiger partial charge on any atom is 0.243 e. The van der Waals surface area contributed by atoms with Gasteiger partial charge in [-0.05, 0) is 44.4 Å². The van der Waals surface area contributed by atoms with E-state index in [4.69, 9.17) is 14.2 Å². The summed E-state index contributed by atoms with van der Waals surface area (Å²) in [6.45, 7) is 1.64. The lowest BCUT2D eigenvalue weighted by molar-refractivity contribution is 0.391. The summed E-state index contributed by atoms with van der Waals surface area (Å²) in [5, 5.41) is 7.68. The van der Waals surface area contributed by atoms with Crippen molar-refractivity contribution in [2.24, 2.45) is 0 Å². The van der Waals surface area contributed by atoms with Crippen LogP contribution in [0.4, 0.5) is 5.95 Å². The molecule has 11 heteroatoms. The number of nitrogens with zero attached hydrogens (tertiary/aromatic N) is 4. The van der Waals surface area contributed by atoms with Crippen molar-refractivity contribution < 1.29 is 22.6 Å². The van der Waals surface area contributed by atoms with E-state index in [9.17, 15) is 8.42 Å². The fourth-order valence-electron chi connectivity index (χ4n) is 3.62. The third-order valence-electron chi connectivity index (χ3n) is 5.64. The van der Waals surface area contributed by atoms with Gasteiger partial charge >= 0.3 is 0 Å². The number of pyridine rings is 1. The van der Waals surface area contributed by atoms with E-state index >= 15 is 0 Å². The van der Waals surface area contributed by atoms with Crippen LogP contribution in [0.2, 0.25) is 0 Å². The minimum atomic E-state index is -3.81. The summed E-state index contributed by atoms with van der Waals surface area (Å²) in [5.41, 5.74) is 2.00. The van der Waals surface area contributed by atoms with Gasteiger partial charge in [0.2, 0.25) is 21.9 Å². The number of aromatic nitrogens is 4. The maximum absolute atomic E-state index is 13.2. The molecule has 10 nitrogen and oxygen atoms in total. The van der Waals surface area contributed by atoms with Crippen LogP contribution in [-0.2, 0) is 10.0 Å². The third kappa shape index (κ3) is 4.56. The highest BCUT2D eigenvalue weighted by Gasteiger charge is 2.28. The second-order valence-electron chi connectivity index (χ2n) is 7.79. The monoisotopic (exact) mass is 485 g/mol. The summed E-state index contributed by atoms with van der Waals surface area (Å²) < 4.78 is 46.9. The van der Waals surface area contributed by atoms with Crippen LogP contribution >= 0.6 is 0 Å². The van der Waals surface area contributed by atoms with E-state index in [1.54, 1.807) is 49.4 Å². The predicted octanol–water partition coefficient (Wildman–Crippen LogP) is 3.60. The summed E-state index contributed by atoms with van der Waals surface area (Å²) in [7, 11) is 0.733. The van der Waals surface area contributed by atoms with Gasteiger partial charge in [0.15, 0.2) is 5.82 Å². The Kier molecular flexibility index (Phi) is 6.73. The van der Waals surface area contributed by atoms with Gasteiger partial charge in [0.05, 0.1) is 26.6 Å². The Labute approximate surface area is 198 Å². The molecule has 1 aliphatic rings. The first kappa shape index (κ1) is 23.6. The van der Waals surface area contributed by atoms with Gasteiger partial charge in [-0.15, -0.1) is 10.2 Å². The molecule has 1 saturated carbocycles. The van der Waals surface area contributed by atoms with E-state index in [1.807, 2.05) is 0 Å². The van der Waals surface area contributed by atoms with Gasteiger partial charge in [-0.1, -0.05) is 23.8 Å². The van der Waals surface area contributed by atoms with Gasteiger partial charge in [0.1, 0.15) is 22.9 Å². The molecule has 0 unspecified atom stereocenters. The molecule has 1 atom stereocenters. The summed E-state index contributed by atoms with van der Waals surface area (Å²) in [4.78, 5) is 4.45. The molecule has 1 N–H and O–H groups in total. The first-order valence-corrected chi connectivity index (χ1v) is 12.3. The number of para-hydroxylation sites is 1. The predicted molar refractivity (Wildman–Crippen MR) is 128 cm³/mol. The van der Waals surface area contributed by atoms with Gasteiger partial charge in [0, 0.05) is 6.07 Å².